The van der Waals surface area contributed by atoms with E-state index in [9.17, 15) is 0 Å². The smallest absolute Gasteiger partial charge is 0.0461 e. The van der Waals surface area contributed by atoms with E-state index >= 15 is 0 Å². The molecule has 1 heteroatoms. The van der Waals surface area contributed by atoms with Crippen LogP contribution in [-0.2, 0) is 0 Å². The molecule has 10 rings (SSSR count). The molecule has 1 atom stereocenters. The van der Waals surface area contributed by atoms with Crippen molar-refractivity contribution in [2.75, 3.05) is 4.90 Å². The SMILES string of the molecule is C1=CC(c2cccc3ccccc23)CC=C1N(c1ccc(-c2ccccc2)cc1)c1ccc(-c2cc(-c3ccc4ccccc4c3)ccc2-c2ccccc2)cc1. The molecule has 0 aromatic heterocycles. The van der Waals surface area contributed by atoms with Crippen LogP contribution in [-0.4, -0.2) is 0 Å². The normalized spacial score (nSPS) is 13.8. The third kappa shape index (κ3) is 6.86. The Hall–Kier alpha value is -7.22. The van der Waals surface area contributed by atoms with Gasteiger partial charge in [-0.2, -0.15) is 0 Å². The number of hydrogen-bond donors (Lipinski definition) is 0. The number of allylic oxidation sites excluding steroid dienone is 3. The van der Waals surface area contributed by atoms with Gasteiger partial charge in [-0.1, -0.05) is 188 Å². The van der Waals surface area contributed by atoms with E-state index in [0.29, 0.717) is 5.92 Å². The molecule has 0 N–H and O–H groups in total. The molecule has 1 unspecified atom stereocenters. The maximum absolute atomic E-state index is 2.41. The molecule has 0 fully saturated rings. The molecule has 1 aliphatic rings. The Bertz CT molecular complexity index is 2900. The molecule has 270 valence electrons. The molecular weight excluding hydrogens is 687 g/mol. The summed E-state index contributed by atoms with van der Waals surface area (Å²) in [6, 6.07) is 77.1. The second-order valence-electron chi connectivity index (χ2n) is 14.9. The summed E-state index contributed by atoms with van der Waals surface area (Å²) in [6.45, 7) is 0. The Morgan fingerprint density at radius 3 is 1.63 bits per heavy atom. The van der Waals surface area contributed by atoms with E-state index in [1.807, 2.05) is 0 Å². The fourth-order valence-electron chi connectivity index (χ4n) is 8.45. The minimum atomic E-state index is 0.316. The predicted molar refractivity (Wildman–Crippen MR) is 243 cm³/mol. The van der Waals surface area contributed by atoms with Crippen molar-refractivity contribution in [1.29, 1.82) is 0 Å². The summed E-state index contributed by atoms with van der Waals surface area (Å²) in [6.07, 6.45) is 8.04. The minimum absolute atomic E-state index is 0.316. The lowest BCUT2D eigenvalue weighted by Crippen LogP contribution is -2.17. The van der Waals surface area contributed by atoms with Crippen molar-refractivity contribution in [2.24, 2.45) is 0 Å². The van der Waals surface area contributed by atoms with Gasteiger partial charge in [0.25, 0.3) is 0 Å². The molecular formula is C56H41N. The Balaban J connectivity index is 1.03. The zero-order chi connectivity index (χ0) is 38.0. The Morgan fingerprint density at radius 2 is 0.912 bits per heavy atom. The standard InChI is InChI=1S/C56H41N/c1-3-12-40(13-4-1)42-24-31-50(32-25-42)57(51-33-26-45(27-34-51)54-21-11-19-44-17-9-10-20-53(44)54)52-35-28-46(29-36-52)56-39-49(30-37-55(56)43-15-5-2-6-16-43)48-23-22-41-14-7-8-18-47(41)38-48/h1-26,28-39,45H,27H2. The van der Waals surface area contributed by atoms with E-state index in [2.05, 4.69) is 235 Å². The summed E-state index contributed by atoms with van der Waals surface area (Å²) in [5, 5.41) is 5.12. The molecule has 9 aromatic carbocycles. The number of fused-ring (bicyclic) bond motifs is 2. The second kappa shape index (κ2) is 15.1. The number of anilines is 2. The summed E-state index contributed by atoms with van der Waals surface area (Å²) < 4.78 is 0. The first-order valence-electron chi connectivity index (χ1n) is 19.9. The third-order valence-electron chi connectivity index (χ3n) is 11.4. The Morgan fingerprint density at radius 1 is 0.368 bits per heavy atom. The van der Waals surface area contributed by atoms with Gasteiger partial charge in [-0.15, -0.1) is 0 Å². The predicted octanol–water partition coefficient (Wildman–Crippen LogP) is 15.4. The highest BCUT2D eigenvalue weighted by atomic mass is 15.1. The van der Waals surface area contributed by atoms with Crippen LogP contribution in [0, 0.1) is 0 Å². The van der Waals surface area contributed by atoms with Crippen LogP contribution in [0.25, 0.3) is 66.1 Å². The molecule has 0 heterocycles. The van der Waals surface area contributed by atoms with E-state index in [0.717, 1.165) is 17.8 Å². The lowest BCUT2D eigenvalue weighted by atomic mass is 9.88. The van der Waals surface area contributed by atoms with Crippen molar-refractivity contribution in [3.8, 4) is 44.5 Å². The van der Waals surface area contributed by atoms with Gasteiger partial charge < -0.3 is 4.90 Å². The summed E-state index contributed by atoms with van der Waals surface area (Å²) in [7, 11) is 0. The van der Waals surface area contributed by atoms with Gasteiger partial charge in [-0.3, -0.25) is 0 Å². The maximum Gasteiger partial charge on any atom is 0.0461 e. The summed E-state index contributed by atoms with van der Waals surface area (Å²) in [5.41, 5.74) is 14.5. The lowest BCUT2D eigenvalue weighted by molar-refractivity contribution is 0.847. The largest absolute Gasteiger partial charge is 0.311 e. The summed E-state index contributed by atoms with van der Waals surface area (Å²) in [5.74, 6) is 0.316. The summed E-state index contributed by atoms with van der Waals surface area (Å²) in [4.78, 5) is 2.40. The van der Waals surface area contributed by atoms with Crippen LogP contribution in [0.4, 0.5) is 11.4 Å². The number of nitrogens with zero attached hydrogens (tertiary/aromatic N) is 1. The zero-order valence-electron chi connectivity index (χ0n) is 31.7. The monoisotopic (exact) mass is 727 g/mol. The van der Waals surface area contributed by atoms with E-state index in [-0.39, 0.29) is 0 Å². The minimum Gasteiger partial charge on any atom is -0.311 e. The van der Waals surface area contributed by atoms with Crippen LogP contribution in [0.2, 0.25) is 0 Å². The highest BCUT2D eigenvalue weighted by Gasteiger charge is 2.20. The van der Waals surface area contributed by atoms with Gasteiger partial charge in [0.15, 0.2) is 0 Å². The number of rotatable bonds is 8. The van der Waals surface area contributed by atoms with Crippen LogP contribution in [0.3, 0.4) is 0 Å². The first-order valence-corrected chi connectivity index (χ1v) is 19.9. The van der Waals surface area contributed by atoms with Gasteiger partial charge >= 0.3 is 0 Å². The van der Waals surface area contributed by atoms with Gasteiger partial charge in [0, 0.05) is 23.0 Å². The number of benzene rings is 9. The molecule has 9 aromatic rings. The third-order valence-corrected chi connectivity index (χ3v) is 11.4. The lowest BCUT2D eigenvalue weighted by Gasteiger charge is -2.29. The quantitative estimate of drug-likeness (QED) is 0.151. The Labute approximate surface area is 335 Å². The van der Waals surface area contributed by atoms with E-state index in [1.54, 1.807) is 0 Å². The average Bonchev–Trinajstić information content (AvgIpc) is 3.30. The average molecular weight is 728 g/mol. The van der Waals surface area contributed by atoms with Gasteiger partial charge in [-0.25, -0.2) is 0 Å². The van der Waals surface area contributed by atoms with Crippen molar-refractivity contribution in [3.63, 3.8) is 0 Å². The van der Waals surface area contributed by atoms with Crippen molar-refractivity contribution in [1.82, 2.24) is 0 Å². The number of hydrogen-bond acceptors (Lipinski definition) is 1. The highest BCUT2D eigenvalue weighted by Crippen LogP contribution is 2.41. The van der Waals surface area contributed by atoms with Crippen LogP contribution in [0.15, 0.2) is 236 Å². The molecule has 0 saturated heterocycles. The molecule has 0 amide bonds. The van der Waals surface area contributed by atoms with Gasteiger partial charge in [0.05, 0.1) is 0 Å². The summed E-state index contributed by atoms with van der Waals surface area (Å²) >= 11 is 0. The fraction of sp³-hybridized carbons (Fsp3) is 0.0357. The van der Waals surface area contributed by atoms with Crippen LogP contribution >= 0.6 is 0 Å². The first kappa shape index (κ1) is 34.3. The van der Waals surface area contributed by atoms with Gasteiger partial charge in [0.1, 0.15) is 0 Å². The van der Waals surface area contributed by atoms with Gasteiger partial charge in [0.2, 0.25) is 0 Å². The second-order valence-corrected chi connectivity index (χ2v) is 14.9. The zero-order valence-corrected chi connectivity index (χ0v) is 31.7. The molecule has 1 aliphatic carbocycles. The van der Waals surface area contributed by atoms with Crippen molar-refractivity contribution < 1.29 is 0 Å². The van der Waals surface area contributed by atoms with Crippen molar-refractivity contribution >= 4 is 32.9 Å². The molecule has 0 saturated carbocycles. The fourth-order valence-corrected chi connectivity index (χ4v) is 8.45. The first-order chi connectivity index (χ1) is 28.2. The van der Waals surface area contributed by atoms with Crippen molar-refractivity contribution in [3.05, 3.63) is 242 Å². The van der Waals surface area contributed by atoms with E-state index < -0.39 is 0 Å². The topological polar surface area (TPSA) is 3.24 Å². The molecule has 0 bridgehead atoms. The molecule has 0 spiro atoms. The van der Waals surface area contributed by atoms with Crippen molar-refractivity contribution in [2.45, 2.75) is 12.3 Å². The van der Waals surface area contributed by atoms with Crippen LogP contribution < -0.4 is 4.90 Å². The van der Waals surface area contributed by atoms with E-state index in [4.69, 9.17) is 0 Å². The van der Waals surface area contributed by atoms with Crippen LogP contribution in [0.5, 0.6) is 0 Å². The van der Waals surface area contributed by atoms with Crippen LogP contribution in [0.1, 0.15) is 17.9 Å². The Kier molecular flexibility index (Phi) is 9.10. The molecule has 0 radical (unpaired) electrons. The molecule has 1 nitrogen and oxygen atoms in total. The van der Waals surface area contributed by atoms with Gasteiger partial charge in [-0.05, 0) is 121 Å². The van der Waals surface area contributed by atoms with E-state index in [1.165, 1.54) is 77.3 Å². The maximum atomic E-state index is 2.41. The molecule has 57 heavy (non-hydrogen) atoms. The molecule has 0 aliphatic heterocycles. The highest BCUT2D eigenvalue weighted by molar-refractivity contribution is 5.92.